The van der Waals surface area contributed by atoms with Gasteiger partial charge < -0.3 is 5.11 Å². The summed E-state index contributed by atoms with van der Waals surface area (Å²) in [6.07, 6.45) is 0. The van der Waals surface area contributed by atoms with Crippen LogP contribution >= 0.6 is 0 Å². The van der Waals surface area contributed by atoms with Gasteiger partial charge in [-0.15, -0.1) is 0 Å². The first kappa shape index (κ1) is 14.9. The molecule has 1 saturated heterocycles. The van der Waals surface area contributed by atoms with Crippen LogP contribution in [0.25, 0.3) is 0 Å². The average Bonchev–Trinajstić information content (AvgIpc) is 2.34. The van der Waals surface area contributed by atoms with Crippen molar-refractivity contribution in [2.24, 2.45) is 5.92 Å². The van der Waals surface area contributed by atoms with Gasteiger partial charge in [-0.2, -0.15) is 4.31 Å². The molecular weight excluding hydrogens is 284 g/mol. The van der Waals surface area contributed by atoms with Gasteiger partial charge in [-0.05, 0) is 12.0 Å². The summed E-state index contributed by atoms with van der Waals surface area (Å²) in [6, 6.07) is 5.22. The van der Waals surface area contributed by atoms with Crippen LogP contribution in [0, 0.1) is 16.0 Å². The van der Waals surface area contributed by atoms with Crippen LogP contribution in [0.5, 0.6) is 0 Å². The Balaban J connectivity index is 2.33. The molecule has 1 aromatic carbocycles. The van der Waals surface area contributed by atoms with Gasteiger partial charge in [0, 0.05) is 19.2 Å². The summed E-state index contributed by atoms with van der Waals surface area (Å²) in [7, 11) is -3.95. The van der Waals surface area contributed by atoms with Crippen molar-refractivity contribution in [3.63, 3.8) is 0 Å². The topological polar surface area (TPSA) is 101 Å². The standard InChI is InChI=1S/C12H16N2O5S/c1-9(2)12(15)7-13(8-12)20(18,19)11-6-4-3-5-10(11)14(16)17/h3-6,9,15H,7-8H2,1-2H3. The molecule has 0 atom stereocenters. The van der Waals surface area contributed by atoms with Crippen molar-refractivity contribution >= 4 is 15.7 Å². The van der Waals surface area contributed by atoms with Gasteiger partial charge in [0.05, 0.1) is 10.5 Å². The van der Waals surface area contributed by atoms with Crippen molar-refractivity contribution in [2.45, 2.75) is 24.3 Å². The van der Waals surface area contributed by atoms with Crippen LogP contribution < -0.4 is 0 Å². The largest absolute Gasteiger partial charge is 0.387 e. The van der Waals surface area contributed by atoms with Crippen LogP contribution in [0.15, 0.2) is 29.2 Å². The Kier molecular flexibility index (Phi) is 3.57. The molecule has 0 bridgehead atoms. The van der Waals surface area contributed by atoms with Gasteiger partial charge in [0.25, 0.3) is 5.69 Å². The maximum Gasteiger partial charge on any atom is 0.289 e. The first-order valence-corrected chi connectivity index (χ1v) is 7.58. The minimum atomic E-state index is -3.95. The summed E-state index contributed by atoms with van der Waals surface area (Å²) in [5.74, 6) is -0.0836. The van der Waals surface area contributed by atoms with Crippen molar-refractivity contribution < 1.29 is 18.4 Å². The van der Waals surface area contributed by atoms with Crippen LogP contribution in [0.3, 0.4) is 0 Å². The van der Waals surface area contributed by atoms with Crippen molar-refractivity contribution in [2.75, 3.05) is 13.1 Å². The molecule has 1 fully saturated rings. The van der Waals surface area contributed by atoms with E-state index in [2.05, 4.69) is 0 Å². The van der Waals surface area contributed by atoms with Crippen molar-refractivity contribution in [3.8, 4) is 0 Å². The zero-order chi connectivity index (χ0) is 15.1. The Morgan fingerprint density at radius 2 is 1.90 bits per heavy atom. The normalized spacial score (nSPS) is 18.8. The third-order valence-electron chi connectivity index (χ3n) is 3.65. The monoisotopic (exact) mass is 300 g/mol. The molecule has 0 aromatic heterocycles. The van der Waals surface area contributed by atoms with E-state index in [-0.39, 0.29) is 23.9 Å². The molecule has 0 saturated carbocycles. The number of nitro benzene ring substituents is 1. The molecule has 1 N–H and O–H groups in total. The van der Waals surface area contributed by atoms with Gasteiger partial charge in [0.1, 0.15) is 0 Å². The quantitative estimate of drug-likeness (QED) is 0.660. The number of benzene rings is 1. The smallest absolute Gasteiger partial charge is 0.289 e. The van der Waals surface area contributed by atoms with Crippen molar-refractivity contribution in [1.29, 1.82) is 0 Å². The lowest BCUT2D eigenvalue weighted by Crippen LogP contribution is -2.65. The Hall–Kier alpha value is -1.51. The van der Waals surface area contributed by atoms with E-state index in [1.165, 1.54) is 18.2 Å². The van der Waals surface area contributed by atoms with Crippen LogP contribution in [-0.4, -0.2) is 41.4 Å². The van der Waals surface area contributed by atoms with E-state index in [4.69, 9.17) is 0 Å². The van der Waals surface area contributed by atoms with E-state index in [1.54, 1.807) is 13.8 Å². The molecule has 20 heavy (non-hydrogen) atoms. The van der Waals surface area contributed by atoms with E-state index in [1.807, 2.05) is 0 Å². The highest BCUT2D eigenvalue weighted by atomic mass is 32.2. The van der Waals surface area contributed by atoms with E-state index in [0.717, 1.165) is 10.4 Å². The molecule has 0 aliphatic carbocycles. The molecule has 2 rings (SSSR count). The summed E-state index contributed by atoms with van der Waals surface area (Å²) >= 11 is 0. The molecule has 1 heterocycles. The van der Waals surface area contributed by atoms with E-state index in [9.17, 15) is 23.6 Å². The third kappa shape index (κ3) is 2.30. The fourth-order valence-electron chi connectivity index (χ4n) is 2.06. The number of para-hydroxylation sites is 1. The number of nitrogens with zero attached hydrogens (tertiary/aromatic N) is 2. The molecule has 0 radical (unpaired) electrons. The van der Waals surface area contributed by atoms with Crippen molar-refractivity contribution in [1.82, 2.24) is 4.31 Å². The van der Waals surface area contributed by atoms with Crippen LogP contribution in [0.1, 0.15) is 13.8 Å². The van der Waals surface area contributed by atoms with Gasteiger partial charge in [0.2, 0.25) is 10.0 Å². The average molecular weight is 300 g/mol. The SMILES string of the molecule is CC(C)C1(O)CN(S(=O)(=O)c2ccccc2[N+](=O)[O-])C1. The maximum atomic E-state index is 12.4. The van der Waals surface area contributed by atoms with Gasteiger partial charge >= 0.3 is 0 Å². The van der Waals surface area contributed by atoms with Gasteiger partial charge in [-0.1, -0.05) is 26.0 Å². The minimum Gasteiger partial charge on any atom is -0.387 e. The summed E-state index contributed by atoms with van der Waals surface area (Å²) in [4.78, 5) is 9.85. The second-order valence-corrected chi connectivity index (χ2v) is 7.16. The highest BCUT2D eigenvalue weighted by molar-refractivity contribution is 7.89. The number of rotatable bonds is 4. The predicted octanol–water partition coefficient (Wildman–Crippen LogP) is 0.986. The lowest BCUT2D eigenvalue weighted by molar-refractivity contribution is -0.387. The highest BCUT2D eigenvalue weighted by Crippen LogP contribution is 2.35. The van der Waals surface area contributed by atoms with Crippen LogP contribution in [-0.2, 0) is 10.0 Å². The number of nitro groups is 1. The number of hydrogen-bond acceptors (Lipinski definition) is 5. The zero-order valence-electron chi connectivity index (χ0n) is 11.2. The molecule has 1 aliphatic heterocycles. The Morgan fingerprint density at radius 3 is 2.40 bits per heavy atom. The molecular formula is C12H16N2O5S. The Bertz CT molecular complexity index is 635. The first-order chi connectivity index (χ1) is 9.18. The summed E-state index contributed by atoms with van der Waals surface area (Å²) in [5.41, 5.74) is -1.51. The third-order valence-corrected chi connectivity index (χ3v) is 5.49. The number of β-amino-alcohol motifs (C(OH)–C–C–N with tert-alkyl or cyclic N) is 1. The van der Waals surface area contributed by atoms with E-state index >= 15 is 0 Å². The molecule has 1 aliphatic rings. The number of sulfonamides is 1. The second-order valence-electron chi connectivity index (χ2n) is 5.26. The van der Waals surface area contributed by atoms with E-state index in [0.29, 0.717) is 0 Å². The van der Waals surface area contributed by atoms with Gasteiger partial charge in [-0.3, -0.25) is 10.1 Å². The van der Waals surface area contributed by atoms with Gasteiger partial charge in [0.15, 0.2) is 4.90 Å². The minimum absolute atomic E-state index is 0.0426. The van der Waals surface area contributed by atoms with Crippen LogP contribution in [0.4, 0.5) is 5.69 Å². The fraction of sp³-hybridized carbons (Fsp3) is 0.500. The number of hydrogen-bond donors (Lipinski definition) is 1. The van der Waals surface area contributed by atoms with Crippen molar-refractivity contribution in [3.05, 3.63) is 34.4 Å². The Morgan fingerprint density at radius 1 is 1.35 bits per heavy atom. The van der Waals surface area contributed by atoms with Crippen LogP contribution in [0.2, 0.25) is 0 Å². The predicted molar refractivity (Wildman–Crippen MR) is 71.6 cm³/mol. The second kappa shape index (κ2) is 4.80. The lowest BCUT2D eigenvalue weighted by Gasteiger charge is -2.47. The molecule has 1 aromatic rings. The first-order valence-electron chi connectivity index (χ1n) is 6.14. The molecule has 0 unspecified atom stereocenters. The molecule has 0 spiro atoms. The maximum absolute atomic E-state index is 12.4. The summed E-state index contributed by atoms with van der Waals surface area (Å²) in [6.45, 7) is 3.52. The summed E-state index contributed by atoms with van der Waals surface area (Å²) in [5, 5.41) is 21.0. The molecule has 0 amide bonds. The molecule has 110 valence electrons. The molecule has 8 heteroatoms. The number of aliphatic hydroxyl groups is 1. The summed E-state index contributed by atoms with van der Waals surface area (Å²) < 4.78 is 25.8. The zero-order valence-corrected chi connectivity index (χ0v) is 12.0. The van der Waals surface area contributed by atoms with Gasteiger partial charge in [-0.25, -0.2) is 8.42 Å². The Labute approximate surface area is 117 Å². The lowest BCUT2D eigenvalue weighted by atomic mass is 9.85. The van der Waals surface area contributed by atoms with E-state index < -0.39 is 26.2 Å². The molecule has 7 nitrogen and oxygen atoms in total. The highest BCUT2D eigenvalue weighted by Gasteiger charge is 2.50. The fourth-order valence-corrected chi connectivity index (χ4v) is 3.79.